The van der Waals surface area contributed by atoms with Gasteiger partial charge in [0.05, 0.1) is 16.1 Å². The van der Waals surface area contributed by atoms with Gasteiger partial charge in [0, 0.05) is 22.5 Å². The number of nitrogens with one attached hydrogen (secondary N) is 2. The third-order valence-electron chi connectivity index (χ3n) is 6.35. The maximum Gasteiger partial charge on any atom is 0.416 e. The Hall–Kier alpha value is -1.91. The highest BCUT2D eigenvalue weighted by Crippen LogP contribution is 2.54. The van der Waals surface area contributed by atoms with E-state index in [-0.39, 0.29) is 23.3 Å². The van der Waals surface area contributed by atoms with Crippen molar-refractivity contribution in [1.29, 1.82) is 0 Å². The number of sulfonamides is 1. The standard InChI is InChI=1S/C22H21BrF4N2O2S/c1-13-3-2-4-19-21(13,17-11-15(23)12-18(24)20(17)29-19)9-10-28-32(30,31)16-7-5-14(6-8-16)22(25,26)27/h5-8,11-12,19,28-29H,1-4,9-10H2/t19-,21-/m0/s1. The van der Waals surface area contributed by atoms with Gasteiger partial charge < -0.3 is 5.32 Å². The van der Waals surface area contributed by atoms with E-state index in [0.29, 0.717) is 16.6 Å². The van der Waals surface area contributed by atoms with Gasteiger partial charge in [-0.05, 0) is 67.6 Å². The maximum atomic E-state index is 14.6. The molecule has 2 N–H and O–H groups in total. The zero-order valence-electron chi connectivity index (χ0n) is 16.9. The lowest BCUT2D eigenvalue weighted by molar-refractivity contribution is -0.137. The quantitative estimate of drug-likeness (QED) is 0.381. The minimum Gasteiger partial charge on any atom is -0.378 e. The molecule has 0 aromatic heterocycles. The first-order valence-corrected chi connectivity index (χ1v) is 12.3. The number of anilines is 1. The number of rotatable bonds is 5. The molecule has 1 heterocycles. The van der Waals surface area contributed by atoms with E-state index in [4.69, 9.17) is 0 Å². The van der Waals surface area contributed by atoms with Crippen LogP contribution in [0.15, 0.2) is 57.9 Å². The molecule has 1 saturated carbocycles. The van der Waals surface area contributed by atoms with E-state index in [1.165, 1.54) is 6.07 Å². The SMILES string of the molecule is C=C1CCC[C@@H]2Nc3c(F)cc(Br)cc3[C@]12CCNS(=O)(=O)c1ccc(C(F)(F)F)cc1. The fourth-order valence-corrected chi connectivity index (χ4v) is 6.29. The summed E-state index contributed by atoms with van der Waals surface area (Å²) in [6.07, 6.45) is -1.77. The van der Waals surface area contributed by atoms with Crippen molar-refractivity contribution < 1.29 is 26.0 Å². The Balaban J connectivity index is 1.58. The second kappa shape index (κ2) is 8.14. The molecule has 2 aliphatic rings. The number of halogens is 5. The molecule has 0 saturated heterocycles. The molecular weight excluding hydrogens is 512 g/mol. The highest BCUT2D eigenvalue weighted by molar-refractivity contribution is 9.10. The normalized spacial score (nSPS) is 22.9. The van der Waals surface area contributed by atoms with E-state index in [1.807, 2.05) is 6.07 Å². The first-order chi connectivity index (χ1) is 14.9. The molecular formula is C22H21BrF4N2O2S. The van der Waals surface area contributed by atoms with Gasteiger partial charge in [-0.1, -0.05) is 28.1 Å². The lowest BCUT2D eigenvalue weighted by atomic mass is 9.63. The monoisotopic (exact) mass is 532 g/mol. The van der Waals surface area contributed by atoms with Gasteiger partial charge >= 0.3 is 6.18 Å². The first kappa shape index (κ1) is 23.3. The van der Waals surface area contributed by atoms with Crippen LogP contribution in [-0.4, -0.2) is 21.0 Å². The molecule has 0 spiro atoms. The Kier molecular flexibility index (Phi) is 5.92. The van der Waals surface area contributed by atoms with Crippen molar-refractivity contribution in [3.05, 3.63) is 70.0 Å². The third-order valence-corrected chi connectivity index (χ3v) is 8.29. The molecule has 2 aromatic carbocycles. The molecule has 0 amide bonds. The van der Waals surface area contributed by atoms with E-state index in [9.17, 15) is 26.0 Å². The topological polar surface area (TPSA) is 58.2 Å². The number of benzene rings is 2. The lowest BCUT2D eigenvalue weighted by Gasteiger charge is -2.42. The van der Waals surface area contributed by atoms with Crippen LogP contribution in [0, 0.1) is 5.82 Å². The van der Waals surface area contributed by atoms with Gasteiger partial charge in [-0.15, -0.1) is 0 Å². The summed E-state index contributed by atoms with van der Waals surface area (Å²) < 4.78 is 81.3. The van der Waals surface area contributed by atoms with E-state index < -0.39 is 27.2 Å². The van der Waals surface area contributed by atoms with Gasteiger partial charge in [-0.2, -0.15) is 13.2 Å². The molecule has 0 unspecified atom stereocenters. The fourth-order valence-electron chi connectivity index (χ4n) is 4.83. The zero-order valence-corrected chi connectivity index (χ0v) is 19.3. The van der Waals surface area contributed by atoms with Crippen LogP contribution in [0.3, 0.4) is 0 Å². The summed E-state index contributed by atoms with van der Waals surface area (Å²) in [6, 6.07) is 6.46. The molecule has 10 heteroatoms. The van der Waals surface area contributed by atoms with Crippen LogP contribution in [0.25, 0.3) is 0 Å². The molecule has 2 aromatic rings. The maximum absolute atomic E-state index is 14.6. The Labute approximate surface area is 192 Å². The molecule has 0 bridgehead atoms. The minimum atomic E-state index is -4.54. The van der Waals surface area contributed by atoms with Gasteiger partial charge in [-0.3, -0.25) is 0 Å². The molecule has 4 rings (SSSR count). The number of hydrogen-bond donors (Lipinski definition) is 2. The summed E-state index contributed by atoms with van der Waals surface area (Å²) in [4.78, 5) is -0.249. The molecule has 172 valence electrons. The number of fused-ring (bicyclic) bond motifs is 3. The average Bonchev–Trinajstić information content (AvgIpc) is 3.03. The summed E-state index contributed by atoms with van der Waals surface area (Å²) in [6.45, 7) is 4.25. The smallest absolute Gasteiger partial charge is 0.378 e. The van der Waals surface area contributed by atoms with Crippen molar-refractivity contribution in [1.82, 2.24) is 4.72 Å². The van der Waals surface area contributed by atoms with Crippen molar-refractivity contribution >= 4 is 31.6 Å². The molecule has 4 nitrogen and oxygen atoms in total. The largest absolute Gasteiger partial charge is 0.416 e. The Morgan fingerprint density at radius 1 is 1.22 bits per heavy atom. The summed E-state index contributed by atoms with van der Waals surface area (Å²) in [7, 11) is -4.02. The predicted octanol–water partition coefficient (Wildman–Crippen LogP) is 5.75. The molecule has 0 radical (unpaired) electrons. The van der Waals surface area contributed by atoms with Gasteiger partial charge in [0.25, 0.3) is 0 Å². The summed E-state index contributed by atoms with van der Waals surface area (Å²) >= 11 is 3.34. The van der Waals surface area contributed by atoms with Gasteiger partial charge in [0.1, 0.15) is 5.82 Å². The van der Waals surface area contributed by atoms with Crippen molar-refractivity contribution in [3.8, 4) is 0 Å². The van der Waals surface area contributed by atoms with Crippen molar-refractivity contribution in [2.24, 2.45) is 0 Å². The van der Waals surface area contributed by atoms with Gasteiger partial charge in [-0.25, -0.2) is 17.5 Å². The van der Waals surface area contributed by atoms with Gasteiger partial charge in [0.15, 0.2) is 0 Å². The van der Waals surface area contributed by atoms with Crippen molar-refractivity contribution in [2.75, 3.05) is 11.9 Å². The highest BCUT2D eigenvalue weighted by Gasteiger charge is 2.51. The van der Waals surface area contributed by atoms with E-state index in [0.717, 1.165) is 54.7 Å². The Morgan fingerprint density at radius 2 is 1.91 bits per heavy atom. The van der Waals surface area contributed by atoms with Crippen molar-refractivity contribution in [2.45, 2.75) is 48.2 Å². The Morgan fingerprint density at radius 3 is 2.56 bits per heavy atom. The van der Waals surface area contributed by atoms with Crippen molar-refractivity contribution in [3.63, 3.8) is 0 Å². The van der Waals surface area contributed by atoms with E-state index >= 15 is 0 Å². The molecule has 1 aliphatic carbocycles. The number of alkyl halides is 3. The van der Waals surface area contributed by atoms with Crippen LogP contribution in [0.2, 0.25) is 0 Å². The summed E-state index contributed by atoms with van der Waals surface area (Å²) in [5, 5.41) is 3.26. The minimum absolute atomic E-state index is 0.0220. The van der Waals surface area contributed by atoms with Crippen LogP contribution in [0.4, 0.5) is 23.2 Å². The third kappa shape index (κ3) is 3.97. The lowest BCUT2D eigenvalue weighted by Crippen LogP contribution is -2.45. The molecule has 2 atom stereocenters. The van der Waals surface area contributed by atoms with Gasteiger partial charge in [0.2, 0.25) is 10.0 Å². The second-order valence-electron chi connectivity index (χ2n) is 8.14. The fraction of sp³-hybridized carbons (Fsp3) is 0.364. The average molecular weight is 533 g/mol. The molecule has 32 heavy (non-hydrogen) atoms. The van der Waals surface area contributed by atoms with Crippen LogP contribution in [0.1, 0.15) is 36.8 Å². The van der Waals surface area contributed by atoms with Crippen LogP contribution >= 0.6 is 15.9 Å². The van der Waals surface area contributed by atoms with E-state index in [2.05, 4.69) is 32.5 Å². The van der Waals surface area contributed by atoms with Crippen LogP contribution < -0.4 is 10.0 Å². The summed E-state index contributed by atoms with van der Waals surface area (Å²) in [5.74, 6) is -0.388. The van der Waals surface area contributed by atoms with Crippen LogP contribution in [0.5, 0.6) is 0 Å². The summed E-state index contributed by atoms with van der Waals surface area (Å²) in [5.41, 5.74) is 0.504. The zero-order chi connectivity index (χ0) is 23.3. The molecule has 1 fully saturated rings. The highest BCUT2D eigenvalue weighted by atomic mass is 79.9. The first-order valence-electron chi connectivity index (χ1n) is 10.1. The Bertz CT molecular complexity index is 1170. The number of hydrogen-bond acceptors (Lipinski definition) is 3. The molecule has 1 aliphatic heterocycles. The van der Waals surface area contributed by atoms with Crippen LogP contribution in [-0.2, 0) is 21.6 Å². The predicted molar refractivity (Wildman–Crippen MR) is 117 cm³/mol. The second-order valence-corrected chi connectivity index (χ2v) is 10.8. The van der Waals surface area contributed by atoms with E-state index in [1.54, 1.807) is 0 Å².